The van der Waals surface area contributed by atoms with Crippen LogP contribution in [0.5, 0.6) is 0 Å². The number of hydrogen-bond donors (Lipinski definition) is 2. The number of amides is 1. The van der Waals surface area contributed by atoms with E-state index in [1.165, 1.54) is 25.7 Å². The van der Waals surface area contributed by atoms with E-state index in [1.54, 1.807) is 0 Å². The number of ether oxygens (including phenoxy) is 4. The Kier molecular flexibility index (Phi) is 18.8. The summed E-state index contributed by atoms with van der Waals surface area (Å²) in [7, 11) is 0. The van der Waals surface area contributed by atoms with Gasteiger partial charge in [0.15, 0.2) is 0 Å². The van der Waals surface area contributed by atoms with Crippen LogP contribution in [0.4, 0.5) is 4.79 Å². The van der Waals surface area contributed by atoms with Crippen LogP contribution in [0.3, 0.4) is 0 Å². The lowest BCUT2D eigenvalue weighted by molar-refractivity contribution is -0.156. The van der Waals surface area contributed by atoms with Crippen LogP contribution < -0.4 is 5.32 Å². The van der Waals surface area contributed by atoms with Gasteiger partial charge in [0, 0.05) is 0 Å². The highest BCUT2D eigenvalue weighted by Crippen LogP contribution is 2.23. The number of allylic oxidation sites excluding steroid dienone is 1. The smallest absolute Gasteiger partial charge is 0.407 e. The molecule has 0 radical (unpaired) electrons. The highest BCUT2D eigenvalue weighted by Gasteiger charge is 2.38. The predicted octanol–water partition coefficient (Wildman–Crippen LogP) is 9.33. The molecule has 0 unspecified atom stereocenters. The maximum Gasteiger partial charge on any atom is 0.407 e. The largest absolute Gasteiger partial charge is 0.444 e. The minimum atomic E-state index is -1.04. The summed E-state index contributed by atoms with van der Waals surface area (Å²) >= 11 is 0. The second kappa shape index (κ2) is 23.0. The Morgan fingerprint density at radius 2 is 1.18 bits per heavy atom. The third-order valence-corrected chi connectivity index (χ3v) is 8.20. The Morgan fingerprint density at radius 1 is 0.714 bits per heavy atom. The fourth-order valence-corrected chi connectivity index (χ4v) is 5.68. The maximum absolute atomic E-state index is 13.3. The van der Waals surface area contributed by atoms with E-state index in [0.29, 0.717) is 13.0 Å². The lowest BCUT2D eigenvalue weighted by Crippen LogP contribution is -2.55. The minimum Gasteiger partial charge on any atom is -0.444 e. The number of alkyl carbamates (subject to hydrolysis) is 1. The van der Waals surface area contributed by atoms with Crippen molar-refractivity contribution in [1.82, 2.24) is 5.32 Å². The van der Waals surface area contributed by atoms with Gasteiger partial charge in [-0.1, -0.05) is 136 Å². The molecule has 1 amide bonds. The molecule has 7 nitrogen and oxygen atoms in total. The molecule has 0 saturated carbocycles. The molecule has 3 aromatic rings. The van der Waals surface area contributed by atoms with Gasteiger partial charge in [0.1, 0.15) is 23.9 Å². The van der Waals surface area contributed by atoms with Crippen LogP contribution >= 0.6 is 0 Å². The van der Waals surface area contributed by atoms with E-state index in [9.17, 15) is 9.90 Å². The quantitative estimate of drug-likeness (QED) is 0.0728. The van der Waals surface area contributed by atoms with Crippen molar-refractivity contribution in [2.75, 3.05) is 6.61 Å². The monoisotopic (exact) mass is 673 g/mol. The average Bonchev–Trinajstić information content (AvgIpc) is 3.09. The number of nitrogens with one attached hydrogen (secondary N) is 1. The van der Waals surface area contributed by atoms with Gasteiger partial charge >= 0.3 is 6.09 Å². The van der Waals surface area contributed by atoms with E-state index in [-0.39, 0.29) is 19.8 Å². The molecule has 0 fully saturated rings. The van der Waals surface area contributed by atoms with Crippen molar-refractivity contribution < 1.29 is 28.8 Å². The molecule has 0 aliphatic rings. The lowest BCUT2D eigenvalue weighted by atomic mass is 9.95. The van der Waals surface area contributed by atoms with Gasteiger partial charge in [0.25, 0.3) is 0 Å². The second-order valence-electron chi connectivity index (χ2n) is 13.7. The van der Waals surface area contributed by atoms with E-state index in [1.807, 2.05) is 118 Å². The van der Waals surface area contributed by atoms with Gasteiger partial charge in [0.05, 0.1) is 32.5 Å². The first-order valence-corrected chi connectivity index (χ1v) is 18.0. The van der Waals surface area contributed by atoms with Crippen LogP contribution in [-0.4, -0.2) is 47.8 Å². The summed E-state index contributed by atoms with van der Waals surface area (Å²) in [4.78, 5) is 13.3. The van der Waals surface area contributed by atoms with Crippen molar-refractivity contribution in [1.29, 1.82) is 0 Å². The predicted molar refractivity (Wildman–Crippen MR) is 197 cm³/mol. The van der Waals surface area contributed by atoms with Crippen LogP contribution in [0, 0.1) is 0 Å². The van der Waals surface area contributed by atoms with E-state index in [0.717, 1.165) is 42.4 Å². The Labute approximate surface area is 295 Å². The van der Waals surface area contributed by atoms with Gasteiger partial charge in [-0.15, -0.1) is 6.58 Å². The molecule has 3 aromatic carbocycles. The molecular formula is C42H59NO6. The maximum atomic E-state index is 13.3. The molecule has 7 heteroatoms. The van der Waals surface area contributed by atoms with Crippen LogP contribution in [0.25, 0.3) is 0 Å². The number of aliphatic hydroxyl groups excluding tert-OH is 1. The number of unbranched alkanes of at least 4 members (excludes halogenated alkanes) is 7. The zero-order valence-electron chi connectivity index (χ0n) is 29.9. The summed E-state index contributed by atoms with van der Waals surface area (Å²) in [5.41, 5.74) is 2.29. The molecule has 0 spiro atoms. The highest BCUT2D eigenvalue weighted by atomic mass is 16.6. The molecule has 0 aliphatic heterocycles. The van der Waals surface area contributed by atoms with Gasteiger partial charge < -0.3 is 29.4 Å². The zero-order chi connectivity index (χ0) is 35.2. The Balaban J connectivity index is 1.84. The normalized spacial score (nSPS) is 14.0. The van der Waals surface area contributed by atoms with Crippen molar-refractivity contribution in [3.05, 3.63) is 120 Å². The van der Waals surface area contributed by atoms with E-state index >= 15 is 0 Å². The molecule has 4 atom stereocenters. The first kappa shape index (κ1) is 39.9. The fraction of sp³-hybridized carbons (Fsp3) is 0.500. The standard InChI is InChI=1S/C42H59NO6/c1-5-6-7-8-9-10-11-12-22-29-37(43-41(45)49-42(2,3)4)39(47-31-35-25-18-14-19-26-35)40(48-32-36-27-20-15-21-28-36)38(44)33-46-30-34-23-16-13-17-24-34/h5,13-21,23-28,37-40,44H,1,6-12,22,29-33H2,2-4H3,(H,43,45)/t37-,38+,39-,40-/m1/s1. The summed E-state index contributed by atoms with van der Waals surface area (Å²) in [6, 6.07) is 29.1. The molecule has 0 bridgehead atoms. The van der Waals surface area contributed by atoms with Gasteiger partial charge in [-0.05, 0) is 56.7 Å². The van der Waals surface area contributed by atoms with Crippen LogP contribution in [-0.2, 0) is 38.8 Å². The molecule has 0 heterocycles. The Bertz CT molecular complexity index is 1280. The molecule has 49 heavy (non-hydrogen) atoms. The Morgan fingerprint density at radius 3 is 1.69 bits per heavy atom. The number of carbonyl (C=O) groups is 1. The average molecular weight is 674 g/mol. The van der Waals surface area contributed by atoms with Crippen molar-refractivity contribution in [3.8, 4) is 0 Å². The van der Waals surface area contributed by atoms with Crippen LogP contribution in [0.15, 0.2) is 104 Å². The number of rotatable bonds is 24. The molecule has 3 rings (SSSR count). The topological polar surface area (TPSA) is 86.3 Å². The van der Waals surface area contributed by atoms with E-state index in [2.05, 4.69) is 11.9 Å². The van der Waals surface area contributed by atoms with Crippen molar-refractivity contribution >= 4 is 6.09 Å². The van der Waals surface area contributed by atoms with E-state index < -0.39 is 36.0 Å². The van der Waals surface area contributed by atoms with Gasteiger partial charge in [0.2, 0.25) is 0 Å². The van der Waals surface area contributed by atoms with E-state index in [4.69, 9.17) is 18.9 Å². The summed E-state index contributed by atoms with van der Waals surface area (Å²) in [6.45, 7) is 10.3. The van der Waals surface area contributed by atoms with Gasteiger partial charge in [-0.3, -0.25) is 0 Å². The van der Waals surface area contributed by atoms with Crippen molar-refractivity contribution in [3.63, 3.8) is 0 Å². The lowest BCUT2D eigenvalue weighted by Gasteiger charge is -2.37. The summed E-state index contributed by atoms with van der Waals surface area (Å²) in [5.74, 6) is 0. The molecule has 0 aromatic heterocycles. The van der Waals surface area contributed by atoms with Crippen LogP contribution in [0.1, 0.15) is 95.2 Å². The van der Waals surface area contributed by atoms with Crippen molar-refractivity contribution in [2.24, 2.45) is 0 Å². The summed E-state index contributed by atoms with van der Waals surface area (Å²) in [6.07, 6.45) is 8.42. The number of aliphatic hydroxyl groups is 1. The van der Waals surface area contributed by atoms with Gasteiger partial charge in [-0.2, -0.15) is 0 Å². The van der Waals surface area contributed by atoms with Crippen molar-refractivity contribution in [2.45, 2.75) is 128 Å². The third kappa shape index (κ3) is 17.1. The molecular weight excluding hydrogens is 614 g/mol. The summed E-state index contributed by atoms with van der Waals surface area (Å²) in [5, 5.41) is 14.9. The Hall–Kier alpha value is -3.49. The second-order valence-corrected chi connectivity index (χ2v) is 13.7. The molecule has 0 aliphatic carbocycles. The fourth-order valence-electron chi connectivity index (χ4n) is 5.68. The number of hydrogen-bond acceptors (Lipinski definition) is 6. The molecule has 0 saturated heterocycles. The first-order valence-electron chi connectivity index (χ1n) is 18.0. The zero-order valence-corrected chi connectivity index (χ0v) is 29.9. The third-order valence-electron chi connectivity index (χ3n) is 8.20. The summed E-state index contributed by atoms with van der Waals surface area (Å²) < 4.78 is 24.9. The van der Waals surface area contributed by atoms with Gasteiger partial charge in [-0.25, -0.2) is 4.79 Å². The minimum absolute atomic E-state index is 0.0323. The SMILES string of the molecule is C=CCCCCCCCCC[C@@H](NC(=O)OC(C)(C)C)[C@@H](OCc1ccccc1)[C@H](OCc1ccccc1)[C@@H](O)COCc1ccccc1. The molecule has 2 N–H and O–H groups in total. The molecule has 268 valence electrons. The first-order chi connectivity index (χ1) is 23.7. The number of benzene rings is 3. The number of carbonyl (C=O) groups excluding carboxylic acids is 1. The van der Waals surface area contributed by atoms with Crippen LogP contribution in [0.2, 0.25) is 0 Å². The highest BCUT2D eigenvalue weighted by molar-refractivity contribution is 5.68.